The Morgan fingerprint density at radius 1 is 0.923 bits per heavy atom. The first-order valence-corrected chi connectivity index (χ1v) is 8.19. The van der Waals surface area contributed by atoms with Crippen LogP contribution in [0.2, 0.25) is 0 Å². The molecular formula is C19H19N5O2. The van der Waals surface area contributed by atoms with Gasteiger partial charge in [0, 0.05) is 30.6 Å². The van der Waals surface area contributed by atoms with Crippen molar-refractivity contribution in [3.63, 3.8) is 0 Å². The Bertz CT molecular complexity index is 1070. The van der Waals surface area contributed by atoms with Crippen LogP contribution >= 0.6 is 0 Å². The van der Waals surface area contributed by atoms with Crippen molar-refractivity contribution in [2.24, 2.45) is 7.05 Å². The number of fused-ring (bicyclic) bond motifs is 1. The highest BCUT2D eigenvalue weighted by atomic mass is 16.5. The Morgan fingerprint density at radius 2 is 1.77 bits per heavy atom. The van der Waals surface area contributed by atoms with E-state index in [0.29, 0.717) is 18.0 Å². The van der Waals surface area contributed by atoms with E-state index in [4.69, 9.17) is 9.47 Å². The monoisotopic (exact) mass is 349 g/mol. The number of methoxy groups -OCH3 is 2. The molecule has 4 rings (SSSR count). The molecule has 3 heterocycles. The quantitative estimate of drug-likeness (QED) is 0.554. The maximum Gasteiger partial charge on any atom is 0.161 e. The normalized spacial score (nSPS) is 11.0. The third-order valence-corrected chi connectivity index (χ3v) is 4.31. The molecule has 0 unspecified atom stereocenters. The molecule has 0 saturated carbocycles. The van der Waals surface area contributed by atoms with E-state index in [1.807, 2.05) is 48.5 Å². The largest absolute Gasteiger partial charge is 0.493 e. The number of hydrogen-bond donors (Lipinski definition) is 0. The zero-order chi connectivity index (χ0) is 18.1. The number of ether oxygens (including phenoxy) is 2. The summed E-state index contributed by atoms with van der Waals surface area (Å²) in [6.45, 7) is 0.613. The minimum absolute atomic E-state index is 0.613. The number of pyridine rings is 1. The molecule has 0 amide bonds. The standard InChI is InChI=1S/C19H19N5O2/c1-23-12-15(9-21-23)14-7-17-16(20-8-14)10-22-24(17)11-13-4-5-18(25-2)19(6-13)26-3/h4-10,12H,11H2,1-3H3. The summed E-state index contributed by atoms with van der Waals surface area (Å²) >= 11 is 0. The van der Waals surface area contributed by atoms with Crippen LogP contribution in [0.5, 0.6) is 11.5 Å². The molecule has 26 heavy (non-hydrogen) atoms. The second-order valence-electron chi connectivity index (χ2n) is 6.02. The number of hydrogen-bond acceptors (Lipinski definition) is 5. The topological polar surface area (TPSA) is 67.0 Å². The van der Waals surface area contributed by atoms with E-state index in [1.165, 1.54) is 0 Å². The SMILES string of the molecule is COc1ccc(Cn2ncc3ncc(-c4cnn(C)c4)cc32)cc1OC. The van der Waals surface area contributed by atoms with Crippen molar-refractivity contribution in [3.8, 4) is 22.6 Å². The lowest BCUT2D eigenvalue weighted by Gasteiger charge is -2.10. The molecule has 0 aliphatic carbocycles. The zero-order valence-electron chi connectivity index (χ0n) is 14.9. The third-order valence-electron chi connectivity index (χ3n) is 4.31. The minimum atomic E-state index is 0.613. The molecule has 4 aromatic rings. The fourth-order valence-electron chi connectivity index (χ4n) is 2.96. The summed E-state index contributed by atoms with van der Waals surface area (Å²) in [6.07, 6.45) is 7.43. The summed E-state index contributed by atoms with van der Waals surface area (Å²) in [6, 6.07) is 7.96. The lowest BCUT2D eigenvalue weighted by molar-refractivity contribution is 0.354. The molecule has 0 N–H and O–H groups in total. The molecule has 0 atom stereocenters. The van der Waals surface area contributed by atoms with E-state index in [-0.39, 0.29) is 0 Å². The third kappa shape index (κ3) is 2.88. The van der Waals surface area contributed by atoms with Gasteiger partial charge in [0.1, 0.15) is 5.52 Å². The highest BCUT2D eigenvalue weighted by Gasteiger charge is 2.10. The fourth-order valence-corrected chi connectivity index (χ4v) is 2.96. The van der Waals surface area contributed by atoms with Crippen LogP contribution in [0.1, 0.15) is 5.56 Å². The molecular weight excluding hydrogens is 330 g/mol. The number of rotatable bonds is 5. The highest BCUT2D eigenvalue weighted by molar-refractivity contribution is 5.80. The van der Waals surface area contributed by atoms with Crippen molar-refractivity contribution in [3.05, 3.63) is 54.6 Å². The van der Waals surface area contributed by atoms with Crippen LogP contribution in [0.3, 0.4) is 0 Å². The van der Waals surface area contributed by atoms with Gasteiger partial charge in [-0.1, -0.05) is 6.07 Å². The lowest BCUT2D eigenvalue weighted by Crippen LogP contribution is -2.02. The predicted molar refractivity (Wildman–Crippen MR) is 98.4 cm³/mol. The predicted octanol–water partition coefficient (Wildman–Crippen LogP) is 2.90. The van der Waals surface area contributed by atoms with Crippen molar-refractivity contribution in [1.29, 1.82) is 0 Å². The first-order valence-electron chi connectivity index (χ1n) is 8.19. The van der Waals surface area contributed by atoms with Crippen LogP contribution in [-0.4, -0.2) is 38.8 Å². The fraction of sp³-hybridized carbons (Fsp3) is 0.211. The van der Waals surface area contributed by atoms with Crippen LogP contribution in [0, 0.1) is 0 Å². The smallest absolute Gasteiger partial charge is 0.161 e. The Morgan fingerprint density at radius 3 is 2.50 bits per heavy atom. The molecule has 0 radical (unpaired) electrons. The Labute approximate surface area is 150 Å². The van der Waals surface area contributed by atoms with Gasteiger partial charge in [0.15, 0.2) is 11.5 Å². The molecule has 0 bridgehead atoms. The van der Waals surface area contributed by atoms with Gasteiger partial charge < -0.3 is 9.47 Å². The Hall–Kier alpha value is -3.35. The second-order valence-corrected chi connectivity index (χ2v) is 6.02. The molecule has 0 aliphatic rings. The van der Waals surface area contributed by atoms with Gasteiger partial charge in [-0.15, -0.1) is 0 Å². The van der Waals surface area contributed by atoms with E-state index in [2.05, 4.69) is 21.2 Å². The molecule has 0 aliphatic heterocycles. The minimum Gasteiger partial charge on any atom is -0.493 e. The van der Waals surface area contributed by atoms with Gasteiger partial charge in [-0.05, 0) is 23.8 Å². The van der Waals surface area contributed by atoms with Crippen LogP contribution in [-0.2, 0) is 13.6 Å². The number of aromatic nitrogens is 5. The summed E-state index contributed by atoms with van der Waals surface area (Å²) in [4.78, 5) is 4.53. The van der Waals surface area contributed by atoms with Crippen molar-refractivity contribution in [1.82, 2.24) is 24.5 Å². The lowest BCUT2D eigenvalue weighted by atomic mass is 10.1. The average molecular weight is 349 g/mol. The zero-order valence-corrected chi connectivity index (χ0v) is 14.9. The summed E-state index contributed by atoms with van der Waals surface area (Å²) in [5.41, 5.74) is 4.94. The van der Waals surface area contributed by atoms with E-state index >= 15 is 0 Å². The van der Waals surface area contributed by atoms with Crippen molar-refractivity contribution < 1.29 is 9.47 Å². The van der Waals surface area contributed by atoms with E-state index < -0.39 is 0 Å². The summed E-state index contributed by atoms with van der Waals surface area (Å²) < 4.78 is 14.4. The van der Waals surface area contributed by atoms with Gasteiger partial charge in [-0.2, -0.15) is 10.2 Å². The van der Waals surface area contributed by atoms with Gasteiger partial charge >= 0.3 is 0 Å². The number of benzene rings is 1. The molecule has 3 aromatic heterocycles. The van der Waals surface area contributed by atoms with Crippen LogP contribution < -0.4 is 9.47 Å². The van der Waals surface area contributed by atoms with Crippen molar-refractivity contribution >= 4 is 11.0 Å². The van der Waals surface area contributed by atoms with E-state index in [0.717, 1.165) is 27.7 Å². The van der Waals surface area contributed by atoms with Gasteiger partial charge in [0.05, 0.1) is 38.7 Å². The van der Waals surface area contributed by atoms with Crippen molar-refractivity contribution in [2.45, 2.75) is 6.54 Å². The maximum absolute atomic E-state index is 5.39. The number of aryl methyl sites for hydroxylation is 1. The summed E-state index contributed by atoms with van der Waals surface area (Å²) in [5.74, 6) is 1.41. The Kier molecular flexibility index (Phi) is 4.04. The molecule has 0 fully saturated rings. The molecule has 1 aromatic carbocycles. The molecule has 0 spiro atoms. The first kappa shape index (κ1) is 16.1. The second kappa shape index (κ2) is 6.51. The molecule has 7 nitrogen and oxygen atoms in total. The van der Waals surface area contributed by atoms with Gasteiger partial charge in [-0.25, -0.2) is 0 Å². The van der Waals surface area contributed by atoms with Crippen LogP contribution in [0.15, 0.2) is 49.1 Å². The number of nitrogens with zero attached hydrogens (tertiary/aromatic N) is 5. The first-order chi connectivity index (χ1) is 12.7. The van der Waals surface area contributed by atoms with Gasteiger partial charge in [-0.3, -0.25) is 14.3 Å². The summed E-state index contributed by atoms with van der Waals surface area (Å²) in [5, 5.41) is 8.72. The molecule has 7 heteroatoms. The molecule has 132 valence electrons. The van der Waals surface area contributed by atoms with E-state index in [1.54, 1.807) is 25.1 Å². The highest BCUT2D eigenvalue weighted by Crippen LogP contribution is 2.28. The van der Waals surface area contributed by atoms with Gasteiger partial charge in [0.25, 0.3) is 0 Å². The van der Waals surface area contributed by atoms with Crippen molar-refractivity contribution in [2.75, 3.05) is 14.2 Å². The van der Waals surface area contributed by atoms with Crippen LogP contribution in [0.25, 0.3) is 22.2 Å². The summed E-state index contributed by atoms with van der Waals surface area (Å²) in [7, 11) is 5.16. The Balaban J connectivity index is 1.70. The van der Waals surface area contributed by atoms with Crippen LogP contribution in [0.4, 0.5) is 0 Å². The average Bonchev–Trinajstić information content (AvgIpc) is 3.27. The van der Waals surface area contributed by atoms with Gasteiger partial charge in [0.2, 0.25) is 0 Å². The molecule has 0 saturated heterocycles. The van der Waals surface area contributed by atoms with E-state index in [9.17, 15) is 0 Å². The maximum atomic E-state index is 5.39.